The third-order valence-corrected chi connectivity index (χ3v) is 3.68. The van der Waals surface area contributed by atoms with Gasteiger partial charge < -0.3 is 14.9 Å². The van der Waals surface area contributed by atoms with Crippen LogP contribution in [0.4, 0.5) is 0 Å². The Balaban J connectivity index is 0. The molecule has 0 spiro atoms. The van der Waals surface area contributed by atoms with Gasteiger partial charge in [0.1, 0.15) is 11.5 Å². The van der Waals surface area contributed by atoms with Gasteiger partial charge in [0.2, 0.25) is 0 Å². The van der Waals surface area contributed by atoms with E-state index in [0.717, 1.165) is 31.6 Å². The summed E-state index contributed by atoms with van der Waals surface area (Å²) in [5.41, 5.74) is 0. The first kappa shape index (κ1) is 32.3. The Labute approximate surface area is 201 Å². The molecule has 2 N–H and O–H groups in total. The maximum atomic E-state index is 7.00. The molecule has 0 saturated carbocycles. The molecule has 0 heterocycles. The third kappa shape index (κ3) is 12.7. The van der Waals surface area contributed by atoms with Crippen LogP contribution in [0.5, 0.6) is 11.5 Å². The van der Waals surface area contributed by atoms with Crippen molar-refractivity contribution in [2.45, 2.75) is 48.5 Å². The second kappa shape index (κ2) is 21.0. The lowest BCUT2D eigenvalue weighted by Gasteiger charge is -2.08. The minimum absolute atomic E-state index is 0.833. The Morgan fingerprint density at radius 1 is 0.485 bits per heavy atom. The highest BCUT2D eigenvalue weighted by atomic mass is 16.5. The lowest BCUT2D eigenvalue weighted by molar-refractivity contribution is 0.399. The van der Waals surface area contributed by atoms with Gasteiger partial charge in [-0.05, 0) is 51.7 Å². The molecule has 4 aromatic carbocycles. The second-order valence-corrected chi connectivity index (χ2v) is 6.85. The predicted molar refractivity (Wildman–Crippen MR) is 147 cm³/mol. The molecule has 0 aromatic heterocycles. The van der Waals surface area contributed by atoms with E-state index in [1.54, 1.807) is 0 Å². The minimum Gasteiger partial charge on any atom is -0.457 e. The summed E-state index contributed by atoms with van der Waals surface area (Å²) in [4.78, 5) is 0. The molecule has 4 rings (SSSR count). The number of benzene rings is 4. The standard InChI is InChI=1S/C20H14O.C4H10.2C2H6.2CH4O/c1-3-7-17-13-19(11-9-15(17)5-1)21-20-12-10-16-6-2-4-8-18(16)14-20;1-4(2)3;4*1-2/h1-14H;4H,1-3H3;2*1-2H3;2*2H,1H3. The highest BCUT2D eigenvalue weighted by Gasteiger charge is 2.01. The number of aliphatic hydroxyl groups excluding tert-OH is 2. The van der Waals surface area contributed by atoms with Crippen LogP contribution in [0, 0.1) is 5.92 Å². The number of rotatable bonds is 2. The van der Waals surface area contributed by atoms with Crippen molar-refractivity contribution in [3.05, 3.63) is 84.9 Å². The molecule has 182 valence electrons. The van der Waals surface area contributed by atoms with Gasteiger partial charge in [-0.15, -0.1) is 0 Å². The van der Waals surface area contributed by atoms with Crippen molar-refractivity contribution < 1.29 is 14.9 Å². The van der Waals surface area contributed by atoms with Gasteiger partial charge in [-0.3, -0.25) is 0 Å². The first-order chi connectivity index (χ1) is 16.1. The fourth-order valence-electron chi connectivity index (χ4n) is 2.60. The van der Waals surface area contributed by atoms with Crippen molar-refractivity contribution in [3.63, 3.8) is 0 Å². The molecule has 0 aliphatic carbocycles. The summed E-state index contributed by atoms with van der Waals surface area (Å²) in [5, 5.41) is 18.8. The maximum Gasteiger partial charge on any atom is 0.128 e. The van der Waals surface area contributed by atoms with Crippen LogP contribution in [0.3, 0.4) is 0 Å². The lowest BCUT2D eigenvalue weighted by atomic mass is 10.1. The third-order valence-electron chi connectivity index (χ3n) is 3.68. The Morgan fingerprint density at radius 3 is 1.06 bits per heavy atom. The summed E-state index contributed by atoms with van der Waals surface area (Å²) in [7, 11) is 2.00. The van der Waals surface area contributed by atoms with Crippen LogP contribution in [0.2, 0.25) is 0 Å². The second-order valence-electron chi connectivity index (χ2n) is 6.85. The van der Waals surface area contributed by atoms with Gasteiger partial charge >= 0.3 is 0 Å². The van der Waals surface area contributed by atoms with Crippen molar-refractivity contribution in [3.8, 4) is 11.5 Å². The van der Waals surface area contributed by atoms with Crippen LogP contribution >= 0.6 is 0 Å². The highest BCUT2D eigenvalue weighted by Crippen LogP contribution is 2.28. The quantitative estimate of drug-likeness (QED) is 0.320. The molecule has 0 fully saturated rings. The van der Waals surface area contributed by atoms with Gasteiger partial charge in [0.15, 0.2) is 0 Å². The summed E-state index contributed by atoms with van der Waals surface area (Å²) >= 11 is 0. The number of ether oxygens (including phenoxy) is 1. The van der Waals surface area contributed by atoms with Gasteiger partial charge in [0.25, 0.3) is 0 Å². The number of hydrogen-bond acceptors (Lipinski definition) is 3. The maximum absolute atomic E-state index is 7.00. The fraction of sp³-hybridized carbons (Fsp3) is 0.333. The van der Waals surface area contributed by atoms with Gasteiger partial charge in [0.05, 0.1) is 0 Å². The zero-order valence-corrected chi connectivity index (χ0v) is 22.0. The van der Waals surface area contributed by atoms with Crippen molar-refractivity contribution >= 4 is 21.5 Å². The van der Waals surface area contributed by atoms with E-state index in [1.807, 2.05) is 64.1 Å². The van der Waals surface area contributed by atoms with Crippen molar-refractivity contribution in [1.29, 1.82) is 0 Å². The normalized spacial score (nSPS) is 8.73. The molecule has 0 atom stereocenters. The van der Waals surface area contributed by atoms with Gasteiger partial charge in [-0.1, -0.05) is 109 Å². The highest BCUT2D eigenvalue weighted by molar-refractivity contribution is 5.85. The molecule has 0 aliphatic rings. The van der Waals surface area contributed by atoms with E-state index in [9.17, 15) is 0 Å². The van der Waals surface area contributed by atoms with Crippen molar-refractivity contribution in [2.24, 2.45) is 5.92 Å². The number of aliphatic hydroxyl groups is 2. The molecule has 0 aliphatic heterocycles. The monoisotopic (exact) mass is 452 g/mol. The molecule has 4 aromatic rings. The zero-order valence-electron chi connectivity index (χ0n) is 22.0. The van der Waals surface area contributed by atoms with Gasteiger partial charge in [-0.25, -0.2) is 0 Å². The molecule has 0 radical (unpaired) electrons. The van der Waals surface area contributed by atoms with Crippen LogP contribution in [-0.2, 0) is 0 Å². The average molecular weight is 453 g/mol. The van der Waals surface area contributed by atoms with Crippen LogP contribution in [0.15, 0.2) is 84.9 Å². The van der Waals surface area contributed by atoms with Gasteiger partial charge in [-0.2, -0.15) is 0 Å². The Hall–Kier alpha value is -2.88. The van der Waals surface area contributed by atoms with E-state index in [4.69, 9.17) is 14.9 Å². The summed E-state index contributed by atoms with van der Waals surface area (Å²) in [6.07, 6.45) is 0. The molecule has 0 bridgehead atoms. The first-order valence-electron chi connectivity index (χ1n) is 11.7. The fourth-order valence-corrected chi connectivity index (χ4v) is 2.60. The van der Waals surface area contributed by atoms with Gasteiger partial charge in [0, 0.05) is 14.2 Å². The van der Waals surface area contributed by atoms with E-state index in [-0.39, 0.29) is 0 Å². The summed E-state index contributed by atoms with van der Waals surface area (Å²) < 4.78 is 5.99. The Morgan fingerprint density at radius 2 is 0.758 bits per heavy atom. The molecular weight excluding hydrogens is 408 g/mol. The molecule has 0 amide bonds. The predicted octanol–water partition coefficient (Wildman–Crippen LogP) is 8.72. The van der Waals surface area contributed by atoms with E-state index in [2.05, 4.69) is 69.3 Å². The van der Waals surface area contributed by atoms with Crippen LogP contribution in [-0.4, -0.2) is 24.4 Å². The Kier molecular flexibility index (Phi) is 20.5. The van der Waals surface area contributed by atoms with E-state index in [1.165, 1.54) is 21.5 Å². The number of fused-ring (bicyclic) bond motifs is 2. The minimum atomic E-state index is 0.833. The van der Waals surface area contributed by atoms with Crippen LogP contribution < -0.4 is 4.74 Å². The first-order valence-corrected chi connectivity index (χ1v) is 11.7. The SMILES string of the molecule is CC.CC.CC(C)C.CO.CO.c1ccc2cc(Oc3ccc4ccccc4c3)ccc2c1. The molecule has 33 heavy (non-hydrogen) atoms. The van der Waals surface area contributed by atoms with E-state index < -0.39 is 0 Å². The molecule has 3 nitrogen and oxygen atoms in total. The zero-order chi connectivity index (χ0) is 25.6. The molecular formula is C30H44O3. The topological polar surface area (TPSA) is 49.7 Å². The van der Waals surface area contributed by atoms with Crippen molar-refractivity contribution in [1.82, 2.24) is 0 Å². The summed E-state index contributed by atoms with van der Waals surface area (Å²) in [6, 6.07) is 28.9. The smallest absolute Gasteiger partial charge is 0.128 e. The average Bonchev–Trinajstić information content (AvgIpc) is 2.88. The molecule has 0 unspecified atom stereocenters. The summed E-state index contributed by atoms with van der Waals surface area (Å²) in [5.74, 6) is 2.56. The number of hydrogen-bond donors (Lipinski definition) is 2. The van der Waals surface area contributed by atoms with Crippen molar-refractivity contribution in [2.75, 3.05) is 14.2 Å². The molecule has 0 saturated heterocycles. The summed E-state index contributed by atoms with van der Waals surface area (Å²) in [6.45, 7) is 14.5. The Bertz CT molecular complexity index is 898. The largest absolute Gasteiger partial charge is 0.457 e. The molecule has 3 heteroatoms. The van der Waals surface area contributed by atoms with Crippen LogP contribution in [0.25, 0.3) is 21.5 Å². The van der Waals surface area contributed by atoms with E-state index >= 15 is 0 Å². The van der Waals surface area contributed by atoms with E-state index in [0.29, 0.717) is 0 Å². The lowest BCUT2D eigenvalue weighted by Crippen LogP contribution is -1.84. The van der Waals surface area contributed by atoms with Crippen LogP contribution in [0.1, 0.15) is 48.5 Å².